The van der Waals surface area contributed by atoms with Crippen LogP contribution in [-0.4, -0.2) is 11.9 Å². The molecule has 2 aromatic rings. The van der Waals surface area contributed by atoms with Gasteiger partial charge in [0, 0.05) is 18.3 Å². The van der Waals surface area contributed by atoms with E-state index in [1.807, 2.05) is 30.3 Å². The van der Waals surface area contributed by atoms with Crippen molar-refractivity contribution in [1.29, 1.82) is 0 Å². The van der Waals surface area contributed by atoms with Gasteiger partial charge >= 0.3 is 0 Å². The Hall–Kier alpha value is -1.58. The van der Waals surface area contributed by atoms with Gasteiger partial charge in [0.2, 0.25) is 0 Å². The molecule has 0 spiro atoms. The molecule has 0 fully saturated rings. The minimum atomic E-state index is -0.200. The van der Waals surface area contributed by atoms with Crippen LogP contribution in [0.25, 0.3) is 0 Å². The zero-order chi connectivity index (χ0) is 13.8. The van der Waals surface area contributed by atoms with E-state index in [9.17, 15) is 4.39 Å². The molecule has 2 aromatic carbocycles. The number of nitrogens with two attached hydrogens (primary N) is 1. The van der Waals surface area contributed by atoms with Crippen molar-refractivity contribution in [1.82, 2.24) is 4.90 Å². The van der Waals surface area contributed by atoms with Crippen molar-refractivity contribution in [3.63, 3.8) is 0 Å². The van der Waals surface area contributed by atoms with E-state index < -0.39 is 0 Å². The standard InChI is InChI=1S/C16H19FN2.ClH/c1-12(14-6-8-15(17)9-7-14)19(2)11-13-4-3-5-16(18)10-13;/h3-10,12H,11,18H2,1-2H3;1H. The molecule has 0 saturated heterocycles. The quantitative estimate of drug-likeness (QED) is 0.863. The van der Waals surface area contributed by atoms with Gasteiger partial charge < -0.3 is 5.73 Å². The summed E-state index contributed by atoms with van der Waals surface area (Å²) < 4.78 is 12.9. The molecule has 0 saturated carbocycles. The van der Waals surface area contributed by atoms with Gasteiger partial charge in [-0.1, -0.05) is 24.3 Å². The summed E-state index contributed by atoms with van der Waals surface area (Å²) in [7, 11) is 2.05. The SMILES string of the molecule is CC(c1ccc(F)cc1)N(C)Cc1cccc(N)c1.Cl. The van der Waals surface area contributed by atoms with Gasteiger partial charge in [0.25, 0.3) is 0 Å². The van der Waals surface area contributed by atoms with E-state index in [4.69, 9.17) is 5.73 Å². The van der Waals surface area contributed by atoms with Crippen LogP contribution in [0.5, 0.6) is 0 Å². The molecule has 2 nitrogen and oxygen atoms in total. The molecule has 0 aliphatic carbocycles. The summed E-state index contributed by atoms with van der Waals surface area (Å²) >= 11 is 0. The Morgan fingerprint density at radius 2 is 1.80 bits per heavy atom. The van der Waals surface area contributed by atoms with Crippen molar-refractivity contribution < 1.29 is 4.39 Å². The smallest absolute Gasteiger partial charge is 0.123 e. The number of nitrogens with zero attached hydrogens (tertiary/aromatic N) is 1. The highest BCUT2D eigenvalue weighted by Crippen LogP contribution is 2.21. The number of rotatable bonds is 4. The molecule has 1 atom stereocenters. The number of hydrogen-bond acceptors (Lipinski definition) is 2. The van der Waals surface area contributed by atoms with Gasteiger partial charge in [-0.2, -0.15) is 0 Å². The first-order chi connectivity index (χ1) is 9.06. The first kappa shape index (κ1) is 16.5. The molecule has 0 bridgehead atoms. The van der Waals surface area contributed by atoms with Crippen LogP contribution in [0.4, 0.5) is 10.1 Å². The number of anilines is 1. The van der Waals surface area contributed by atoms with Crippen LogP contribution in [0.3, 0.4) is 0 Å². The molecule has 0 radical (unpaired) electrons. The molecule has 0 heterocycles. The van der Waals surface area contributed by atoms with Crippen LogP contribution >= 0.6 is 12.4 Å². The van der Waals surface area contributed by atoms with Crippen molar-refractivity contribution in [2.75, 3.05) is 12.8 Å². The van der Waals surface area contributed by atoms with Crippen molar-refractivity contribution in [2.24, 2.45) is 0 Å². The fourth-order valence-electron chi connectivity index (χ4n) is 2.11. The summed E-state index contributed by atoms with van der Waals surface area (Å²) in [6.07, 6.45) is 0. The Morgan fingerprint density at radius 3 is 2.40 bits per heavy atom. The van der Waals surface area contributed by atoms with E-state index in [0.29, 0.717) is 0 Å². The predicted molar refractivity (Wildman–Crippen MR) is 84.4 cm³/mol. The molecule has 0 aliphatic rings. The second kappa shape index (κ2) is 7.27. The number of halogens is 2. The lowest BCUT2D eigenvalue weighted by Gasteiger charge is -2.25. The summed E-state index contributed by atoms with van der Waals surface area (Å²) in [5.41, 5.74) is 8.84. The summed E-state index contributed by atoms with van der Waals surface area (Å²) in [5.74, 6) is -0.200. The zero-order valence-electron chi connectivity index (χ0n) is 11.7. The maximum absolute atomic E-state index is 12.9. The van der Waals surface area contributed by atoms with Crippen LogP contribution < -0.4 is 5.73 Å². The monoisotopic (exact) mass is 294 g/mol. The zero-order valence-corrected chi connectivity index (χ0v) is 12.5. The minimum absolute atomic E-state index is 0. The van der Waals surface area contributed by atoms with Gasteiger partial charge in [0.05, 0.1) is 0 Å². The average molecular weight is 295 g/mol. The largest absolute Gasteiger partial charge is 0.399 e. The molecule has 4 heteroatoms. The predicted octanol–water partition coefficient (Wildman–Crippen LogP) is 4.02. The number of benzene rings is 2. The third kappa shape index (κ3) is 4.22. The Bertz CT molecular complexity index is 542. The number of hydrogen-bond donors (Lipinski definition) is 1. The Labute approximate surface area is 125 Å². The molecule has 0 amide bonds. The van der Waals surface area contributed by atoms with Gasteiger partial charge in [-0.05, 0) is 49.4 Å². The third-order valence-electron chi connectivity index (χ3n) is 3.40. The summed E-state index contributed by atoms with van der Waals surface area (Å²) in [4.78, 5) is 2.21. The lowest BCUT2D eigenvalue weighted by Crippen LogP contribution is -2.21. The van der Waals surface area contributed by atoms with Gasteiger partial charge in [0.1, 0.15) is 5.82 Å². The molecule has 2 rings (SSSR count). The first-order valence-electron chi connectivity index (χ1n) is 6.36. The Kier molecular flexibility index (Phi) is 5.99. The molecule has 20 heavy (non-hydrogen) atoms. The highest BCUT2D eigenvalue weighted by Gasteiger charge is 2.12. The molecular formula is C16H20ClFN2. The van der Waals surface area contributed by atoms with Crippen molar-refractivity contribution in [3.05, 3.63) is 65.5 Å². The fraction of sp³-hybridized carbons (Fsp3) is 0.250. The fourth-order valence-corrected chi connectivity index (χ4v) is 2.11. The van der Waals surface area contributed by atoms with Crippen LogP contribution in [0.1, 0.15) is 24.1 Å². The minimum Gasteiger partial charge on any atom is -0.399 e. The summed E-state index contributed by atoms with van der Waals surface area (Å²) in [5, 5.41) is 0. The molecule has 108 valence electrons. The maximum Gasteiger partial charge on any atom is 0.123 e. The van der Waals surface area contributed by atoms with E-state index in [1.54, 1.807) is 0 Å². The van der Waals surface area contributed by atoms with E-state index in [0.717, 1.165) is 17.8 Å². The van der Waals surface area contributed by atoms with Gasteiger partial charge in [-0.15, -0.1) is 12.4 Å². The average Bonchev–Trinajstić information content (AvgIpc) is 2.39. The van der Waals surface area contributed by atoms with Crippen LogP contribution in [-0.2, 0) is 6.54 Å². The van der Waals surface area contributed by atoms with Crippen molar-refractivity contribution in [2.45, 2.75) is 19.5 Å². The maximum atomic E-state index is 12.9. The molecule has 0 aromatic heterocycles. The molecule has 1 unspecified atom stereocenters. The lowest BCUT2D eigenvalue weighted by molar-refractivity contribution is 0.253. The summed E-state index contributed by atoms with van der Waals surface area (Å²) in [6.45, 7) is 2.92. The molecular weight excluding hydrogens is 275 g/mol. The van der Waals surface area contributed by atoms with E-state index >= 15 is 0 Å². The van der Waals surface area contributed by atoms with Crippen LogP contribution in [0, 0.1) is 5.82 Å². The highest BCUT2D eigenvalue weighted by molar-refractivity contribution is 5.85. The molecule has 2 N–H and O–H groups in total. The lowest BCUT2D eigenvalue weighted by atomic mass is 10.1. The number of nitrogen functional groups attached to an aromatic ring is 1. The van der Waals surface area contributed by atoms with E-state index in [-0.39, 0.29) is 24.3 Å². The Balaban J connectivity index is 0.00000200. The highest BCUT2D eigenvalue weighted by atomic mass is 35.5. The van der Waals surface area contributed by atoms with Crippen LogP contribution in [0.2, 0.25) is 0 Å². The van der Waals surface area contributed by atoms with Gasteiger partial charge in [-0.25, -0.2) is 4.39 Å². The first-order valence-corrected chi connectivity index (χ1v) is 6.36. The second-order valence-electron chi connectivity index (χ2n) is 4.89. The topological polar surface area (TPSA) is 29.3 Å². The van der Waals surface area contributed by atoms with Crippen molar-refractivity contribution in [3.8, 4) is 0 Å². The molecule has 0 aliphatic heterocycles. The normalized spacial score (nSPS) is 12.0. The second-order valence-corrected chi connectivity index (χ2v) is 4.89. The van der Waals surface area contributed by atoms with Gasteiger partial charge in [-0.3, -0.25) is 4.90 Å². The van der Waals surface area contributed by atoms with E-state index in [1.165, 1.54) is 17.7 Å². The van der Waals surface area contributed by atoms with Crippen molar-refractivity contribution >= 4 is 18.1 Å². The van der Waals surface area contributed by atoms with Crippen LogP contribution in [0.15, 0.2) is 48.5 Å². The third-order valence-corrected chi connectivity index (χ3v) is 3.40. The summed E-state index contributed by atoms with van der Waals surface area (Å²) in [6, 6.07) is 14.8. The Morgan fingerprint density at radius 1 is 1.15 bits per heavy atom. The van der Waals surface area contributed by atoms with E-state index in [2.05, 4.69) is 24.9 Å². The van der Waals surface area contributed by atoms with Gasteiger partial charge in [0.15, 0.2) is 0 Å².